The third-order valence-electron chi connectivity index (χ3n) is 3.63. The van der Waals surface area contributed by atoms with E-state index in [-0.39, 0.29) is 0 Å². The van der Waals surface area contributed by atoms with Gasteiger partial charge in [0.25, 0.3) is 0 Å². The quantitative estimate of drug-likeness (QED) is 0.623. The first-order chi connectivity index (χ1) is 11.5. The van der Waals surface area contributed by atoms with E-state index < -0.39 is 0 Å². The van der Waals surface area contributed by atoms with Gasteiger partial charge in [-0.15, -0.1) is 10.2 Å². The molecule has 0 N–H and O–H groups in total. The summed E-state index contributed by atoms with van der Waals surface area (Å²) in [5.41, 5.74) is 3.30. The summed E-state index contributed by atoms with van der Waals surface area (Å²) < 4.78 is 12.4. The van der Waals surface area contributed by atoms with Crippen molar-refractivity contribution in [2.45, 2.75) is 13.8 Å². The van der Waals surface area contributed by atoms with Gasteiger partial charge in [-0.05, 0) is 31.5 Å². The molecule has 1 aromatic carbocycles. The molecule has 0 amide bonds. The van der Waals surface area contributed by atoms with Crippen LogP contribution in [-0.2, 0) is 0 Å². The molecule has 24 heavy (non-hydrogen) atoms. The van der Waals surface area contributed by atoms with Crippen LogP contribution in [0.15, 0.2) is 40.7 Å². The summed E-state index contributed by atoms with van der Waals surface area (Å²) in [7, 11) is 3.10. The van der Waals surface area contributed by atoms with Crippen LogP contribution >= 0.6 is 11.6 Å². The first-order valence-corrected chi connectivity index (χ1v) is 7.70. The number of fused-ring (bicyclic) bond motifs is 1. The number of aryl methyl sites for hydroxylation is 2. The van der Waals surface area contributed by atoms with Gasteiger partial charge >= 0.3 is 0 Å². The number of nitrogens with zero attached hydrogens (tertiary/aromatic N) is 4. The highest BCUT2D eigenvalue weighted by Gasteiger charge is 2.11. The molecule has 124 valence electrons. The fourth-order valence-corrected chi connectivity index (χ4v) is 2.63. The van der Waals surface area contributed by atoms with E-state index in [1.165, 1.54) is 0 Å². The van der Waals surface area contributed by atoms with Crippen molar-refractivity contribution in [3.8, 4) is 11.5 Å². The zero-order chi connectivity index (χ0) is 17.3. The number of imidazole rings is 1. The van der Waals surface area contributed by atoms with Crippen LogP contribution in [-0.4, -0.2) is 23.6 Å². The molecule has 0 aliphatic rings. The number of pyridine rings is 1. The molecule has 3 rings (SSSR count). The lowest BCUT2D eigenvalue weighted by atomic mass is 10.3. The van der Waals surface area contributed by atoms with E-state index in [0.29, 0.717) is 28.0 Å². The Morgan fingerprint density at radius 2 is 1.79 bits per heavy atom. The molecule has 0 saturated heterocycles. The number of hydrogen-bond acceptors (Lipinski definition) is 5. The standard InChI is InChI=1S/C17H17ClN4O2/c1-10-5-6-22-16(7-10)19-11(2)17(22)21-20-13-9-14(23-3)12(18)8-15(13)24-4/h5-9H,1-4H3. The monoisotopic (exact) mass is 344 g/mol. The number of rotatable bonds is 4. The predicted octanol–water partition coefficient (Wildman–Crippen LogP) is 5.04. The van der Waals surface area contributed by atoms with Gasteiger partial charge in [0.15, 0.2) is 5.82 Å². The van der Waals surface area contributed by atoms with E-state index in [4.69, 9.17) is 21.1 Å². The van der Waals surface area contributed by atoms with Gasteiger partial charge in [-0.25, -0.2) is 4.98 Å². The molecular formula is C17H17ClN4O2. The molecular weight excluding hydrogens is 328 g/mol. The maximum absolute atomic E-state index is 6.11. The van der Waals surface area contributed by atoms with Crippen LogP contribution < -0.4 is 9.47 Å². The van der Waals surface area contributed by atoms with Crippen LogP contribution in [0.5, 0.6) is 11.5 Å². The SMILES string of the molecule is COc1cc(N=Nc2c(C)nc3cc(C)ccn23)c(OC)cc1Cl. The predicted molar refractivity (Wildman–Crippen MR) is 93.4 cm³/mol. The molecule has 7 heteroatoms. The Bertz CT molecular complexity index is 934. The largest absolute Gasteiger partial charge is 0.495 e. The summed E-state index contributed by atoms with van der Waals surface area (Å²) in [4.78, 5) is 4.51. The van der Waals surface area contributed by atoms with Crippen LogP contribution in [0.3, 0.4) is 0 Å². The average molecular weight is 345 g/mol. The smallest absolute Gasteiger partial charge is 0.182 e. The van der Waals surface area contributed by atoms with Crippen LogP contribution in [0.2, 0.25) is 5.02 Å². The highest BCUT2D eigenvalue weighted by atomic mass is 35.5. The zero-order valence-electron chi connectivity index (χ0n) is 13.9. The number of benzene rings is 1. The van der Waals surface area contributed by atoms with E-state index in [9.17, 15) is 0 Å². The fraction of sp³-hybridized carbons (Fsp3) is 0.235. The number of methoxy groups -OCH3 is 2. The van der Waals surface area contributed by atoms with Gasteiger partial charge in [-0.3, -0.25) is 4.40 Å². The molecule has 0 aliphatic heterocycles. The van der Waals surface area contributed by atoms with Crippen LogP contribution in [0.4, 0.5) is 11.5 Å². The van der Waals surface area contributed by atoms with Crippen molar-refractivity contribution < 1.29 is 9.47 Å². The summed E-state index contributed by atoms with van der Waals surface area (Å²) >= 11 is 6.11. The van der Waals surface area contributed by atoms with E-state index in [2.05, 4.69) is 15.2 Å². The van der Waals surface area contributed by atoms with Crippen molar-refractivity contribution in [1.82, 2.24) is 9.38 Å². The van der Waals surface area contributed by atoms with Gasteiger partial charge in [0, 0.05) is 18.3 Å². The Morgan fingerprint density at radius 3 is 2.50 bits per heavy atom. The molecule has 0 radical (unpaired) electrons. The summed E-state index contributed by atoms with van der Waals surface area (Å²) in [5.74, 6) is 1.70. The Kier molecular flexibility index (Phi) is 4.40. The maximum Gasteiger partial charge on any atom is 0.182 e. The fourth-order valence-electron chi connectivity index (χ4n) is 2.40. The Hall–Kier alpha value is -2.60. The minimum absolute atomic E-state index is 0.453. The van der Waals surface area contributed by atoms with E-state index in [1.807, 2.05) is 36.6 Å². The lowest BCUT2D eigenvalue weighted by Crippen LogP contribution is -1.88. The van der Waals surface area contributed by atoms with Crippen LogP contribution in [0, 0.1) is 13.8 Å². The highest BCUT2D eigenvalue weighted by molar-refractivity contribution is 6.32. The topological polar surface area (TPSA) is 60.5 Å². The molecule has 0 bridgehead atoms. The zero-order valence-corrected chi connectivity index (χ0v) is 14.6. The van der Waals surface area contributed by atoms with Gasteiger partial charge in [0.2, 0.25) is 0 Å². The molecule has 0 atom stereocenters. The summed E-state index contributed by atoms with van der Waals surface area (Å²) in [5, 5.41) is 9.11. The molecule has 2 heterocycles. The molecule has 0 aliphatic carbocycles. The second-order valence-corrected chi connectivity index (χ2v) is 5.72. The lowest BCUT2D eigenvalue weighted by Gasteiger charge is -2.08. The average Bonchev–Trinajstić information content (AvgIpc) is 2.87. The second kappa shape index (κ2) is 6.49. The van der Waals surface area contributed by atoms with Gasteiger partial charge < -0.3 is 9.47 Å². The molecule has 0 fully saturated rings. The van der Waals surface area contributed by atoms with Crippen molar-refractivity contribution in [3.05, 3.63) is 46.7 Å². The first-order valence-electron chi connectivity index (χ1n) is 7.32. The lowest BCUT2D eigenvalue weighted by molar-refractivity contribution is 0.404. The normalized spacial score (nSPS) is 11.4. The number of halogens is 1. The number of aromatic nitrogens is 2. The third-order valence-corrected chi connectivity index (χ3v) is 3.93. The van der Waals surface area contributed by atoms with Gasteiger partial charge in [-0.2, -0.15) is 0 Å². The molecule has 0 saturated carbocycles. The first kappa shape index (κ1) is 16.3. The number of azo groups is 1. The van der Waals surface area contributed by atoms with E-state index in [0.717, 1.165) is 16.9 Å². The van der Waals surface area contributed by atoms with Crippen LogP contribution in [0.1, 0.15) is 11.3 Å². The number of ether oxygens (including phenoxy) is 2. The van der Waals surface area contributed by atoms with Crippen molar-refractivity contribution in [3.63, 3.8) is 0 Å². The molecule has 0 unspecified atom stereocenters. The summed E-state index contributed by atoms with van der Waals surface area (Å²) in [6, 6.07) is 7.34. The minimum Gasteiger partial charge on any atom is -0.495 e. The Morgan fingerprint density at radius 1 is 1.04 bits per heavy atom. The van der Waals surface area contributed by atoms with Crippen molar-refractivity contribution >= 4 is 28.8 Å². The highest BCUT2D eigenvalue weighted by Crippen LogP contribution is 2.38. The summed E-state index contributed by atoms with van der Waals surface area (Å²) in [6.07, 6.45) is 1.93. The minimum atomic E-state index is 0.453. The Balaban J connectivity index is 2.07. The van der Waals surface area contributed by atoms with Crippen molar-refractivity contribution in [1.29, 1.82) is 0 Å². The van der Waals surface area contributed by atoms with Gasteiger partial charge in [0.05, 0.1) is 24.9 Å². The van der Waals surface area contributed by atoms with E-state index >= 15 is 0 Å². The number of hydrogen-bond donors (Lipinski definition) is 0. The maximum atomic E-state index is 6.11. The molecule has 2 aromatic heterocycles. The third kappa shape index (κ3) is 2.92. The summed E-state index contributed by atoms with van der Waals surface area (Å²) in [6.45, 7) is 3.92. The molecule has 3 aromatic rings. The molecule has 6 nitrogen and oxygen atoms in total. The van der Waals surface area contributed by atoms with Crippen molar-refractivity contribution in [2.75, 3.05) is 14.2 Å². The Labute approximate surface area is 144 Å². The van der Waals surface area contributed by atoms with Gasteiger partial charge in [0.1, 0.15) is 22.8 Å². The second-order valence-electron chi connectivity index (χ2n) is 5.31. The van der Waals surface area contributed by atoms with Gasteiger partial charge in [-0.1, -0.05) is 11.6 Å². The van der Waals surface area contributed by atoms with Crippen LogP contribution in [0.25, 0.3) is 5.65 Å². The van der Waals surface area contributed by atoms with Crippen molar-refractivity contribution in [2.24, 2.45) is 10.2 Å². The van der Waals surface area contributed by atoms with E-state index in [1.54, 1.807) is 26.4 Å². The molecule has 0 spiro atoms.